The predicted molar refractivity (Wildman–Crippen MR) is 49.0 cm³/mol. The molecule has 0 atom stereocenters. The molecule has 0 fully saturated rings. The topological polar surface area (TPSA) is 63.5 Å². The molecule has 0 radical (unpaired) electrons. The third-order valence-corrected chi connectivity index (χ3v) is 2.32. The molecule has 0 N–H and O–H groups in total. The van der Waals surface area contributed by atoms with E-state index in [4.69, 9.17) is 0 Å². The second-order valence-electron chi connectivity index (χ2n) is 3.60. The average molecular weight is 309 g/mol. The molecule has 1 aliphatic heterocycles. The van der Waals surface area contributed by atoms with Gasteiger partial charge in [0, 0.05) is 0 Å². The Morgan fingerprint density at radius 1 is 1.25 bits per heavy atom. The lowest BCUT2D eigenvalue weighted by Crippen LogP contribution is -2.66. The van der Waals surface area contributed by atoms with Crippen LogP contribution >= 0.6 is 0 Å². The van der Waals surface area contributed by atoms with Crippen LogP contribution in [0.3, 0.4) is 0 Å². The van der Waals surface area contributed by atoms with Gasteiger partial charge in [-0.2, -0.15) is 31.5 Å². The molecule has 0 spiro atoms. The molecule has 1 heterocycles. The number of esters is 1. The van der Waals surface area contributed by atoms with Crippen molar-refractivity contribution in [3.63, 3.8) is 0 Å². The van der Waals surface area contributed by atoms with Crippen LogP contribution in [0.5, 0.6) is 0 Å². The Morgan fingerprint density at radius 2 is 1.80 bits per heavy atom. The summed E-state index contributed by atoms with van der Waals surface area (Å²) in [5.41, 5.74) is -4.41. The van der Waals surface area contributed by atoms with E-state index in [0.717, 1.165) is 0 Å². The number of alkyl halides is 6. The first-order chi connectivity index (χ1) is 9.06. The lowest BCUT2D eigenvalue weighted by Gasteiger charge is -2.36. The van der Waals surface area contributed by atoms with Gasteiger partial charge >= 0.3 is 18.3 Å². The summed E-state index contributed by atoms with van der Waals surface area (Å²) in [5.74, 6) is -1.13. The second-order valence-corrected chi connectivity index (χ2v) is 3.60. The van der Waals surface area contributed by atoms with Crippen molar-refractivity contribution in [1.82, 2.24) is 5.17 Å². The van der Waals surface area contributed by atoms with Gasteiger partial charge in [-0.25, -0.2) is 9.63 Å². The molecule has 20 heavy (non-hydrogen) atoms. The number of hydrogen-bond donors (Lipinski definition) is 0. The normalized spacial score (nSPS) is 18.4. The zero-order valence-electron chi connectivity index (χ0n) is 9.96. The molecule has 0 unspecified atom stereocenters. The van der Waals surface area contributed by atoms with Gasteiger partial charge in [0.2, 0.25) is 0 Å². The van der Waals surface area contributed by atoms with Crippen molar-refractivity contribution in [2.75, 3.05) is 19.8 Å². The zero-order valence-corrected chi connectivity index (χ0v) is 9.96. The molecule has 1 aliphatic rings. The van der Waals surface area contributed by atoms with Crippen LogP contribution in [-0.4, -0.2) is 48.8 Å². The van der Waals surface area contributed by atoms with Crippen molar-refractivity contribution in [2.45, 2.75) is 24.8 Å². The van der Waals surface area contributed by atoms with E-state index in [0.29, 0.717) is 0 Å². The minimum Gasteiger partial charge on any atom is -0.464 e. The van der Waals surface area contributed by atoms with Gasteiger partial charge in [-0.1, -0.05) is 0 Å². The van der Waals surface area contributed by atoms with E-state index in [9.17, 15) is 31.1 Å². The number of hydrogen-bond acceptors (Lipinski definition) is 6. The van der Waals surface area contributed by atoms with Gasteiger partial charge < -0.3 is 4.74 Å². The fourth-order valence-corrected chi connectivity index (χ4v) is 1.34. The summed E-state index contributed by atoms with van der Waals surface area (Å²) in [4.78, 5) is 15.0. The van der Waals surface area contributed by atoms with E-state index in [2.05, 4.69) is 19.9 Å². The molecule has 6 nitrogen and oxygen atoms in total. The van der Waals surface area contributed by atoms with Gasteiger partial charge in [0.1, 0.15) is 6.54 Å². The highest BCUT2D eigenvalue weighted by molar-refractivity contribution is 5.70. The number of rotatable bonds is 4. The fourth-order valence-electron chi connectivity index (χ4n) is 1.34. The molecule has 0 aromatic carbocycles. The molecule has 1 rings (SSSR count). The lowest BCUT2D eigenvalue weighted by molar-refractivity contribution is -0.389. The number of ether oxygens (including phenoxy) is 1. The van der Waals surface area contributed by atoms with E-state index in [-0.39, 0.29) is 6.61 Å². The molecular formula is C8H9F6N3O3. The summed E-state index contributed by atoms with van der Waals surface area (Å²) in [5, 5.41) is 4.61. The van der Waals surface area contributed by atoms with Crippen molar-refractivity contribution in [3.05, 3.63) is 0 Å². The monoisotopic (exact) mass is 309 g/mol. The van der Waals surface area contributed by atoms with E-state index < -0.39 is 42.2 Å². The Bertz CT molecular complexity index is 380. The van der Waals surface area contributed by atoms with Crippen molar-refractivity contribution in [2.24, 2.45) is 10.3 Å². The Morgan fingerprint density at radius 3 is 2.25 bits per heavy atom. The molecule has 0 aromatic heterocycles. The standard InChI is InChI=1S/C8H9F6N3O3/c1-2-19-5(18)3-20-17-6(4-15-16-17,7(9,10)11)8(12,13)14/h2-4H2,1H3. The van der Waals surface area contributed by atoms with Crippen molar-refractivity contribution in [1.29, 1.82) is 0 Å². The molecule has 0 amide bonds. The van der Waals surface area contributed by atoms with Gasteiger partial charge in [0.05, 0.1) is 6.61 Å². The quantitative estimate of drug-likeness (QED) is 0.589. The summed E-state index contributed by atoms with van der Waals surface area (Å²) >= 11 is 0. The Hall–Kier alpha value is -1.59. The summed E-state index contributed by atoms with van der Waals surface area (Å²) in [6, 6.07) is 0. The molecule has 0 saturated heterocycles. The maximum Gasteiger partial charge on any atom is 0.426 e. The van der Waals surface area contributed by atoms with E-state index in [1.165, 1.54) is 6.92 Å². The molecule has 0 saturated carbocycles. The van der Waals surface area contributed by atoms with Crippen molar-refractivity contribution < 1.29 is 40.7 Å². The first-order valence-corrected chi connectivity index (χ1v) is 5.16. The first-order valence-electron chi connectivity index (χ1n) is 5.16. The fraction of sp³-hybridized carbons (Fsp3) is 0.875. The van der Waals surface area contributed by atoms with Gasteiger partial charge in [-0.05, 0) is 12.1 Å². The smallest absolute Gasteiger partial charge is 0.426 e. The number of carbonyl (C=O) groups excluding carboxylic acids is 1. The van der Waals surface area contributed by atoms with Gasteiger partial charge in [-0.15, -0.1) is 5.17 Å². The Labute approximate surface area is 108 Å². The van der Waals surface area contributed by atoms with Gasteiger partial charge in [0.15, 0.2) is 6.61 Å². The van der Waals surface area contributed by atoms with Crippen LogP contribution < -0.4 is 0 Å². The molecule has 116 valence electrons. The predicted octanol–water partition coefficient (Wildman–Crippen LogP) is 2.03. The second kappa shape index (κ2) is 5.42. The van der Waals surface area contributed by atoms with Gasteiger partial charge in [-0.3, -0.25) is 0 Å². The molecule has 0 aromatic rings. The minimum absolute atomic E-state index is 0.104. The molecule has 0 bridgehead atoms. The van der Waals surface area contributed by atoms with Gasteiger partial charge in [0.25, 0.3) is 5.54 Å². The highest BCUT2D eigenvalue weighted by atomic mass is 19.4. The number of carbonyl (C=O) groups is 1. The van der Waals surface area contributed by atoms with Crippen LogP contribution in [0.15, 0.2) is 10.3 Å². The van der Waals surface area contributed by atoms with Crippen LogP contribution in [0.25, 0.3) is 0 Å². The highest BCUT2D eigenvalue weighted by Crippen LogP contribution is 2.49. The largest absolute Gasteiger partial charge is 0.464 e. The summed E-state index contributed by atoms with van der Waals surface area (Å²) < 4.78 is 80.9. The Balaban J connectivity index is 2.93. The van der Waals surface area contributed by atoms with E-state index in [1.807, 2.05) is 0 Å². The number of halogens is 6. The minimum atomic E-state index is -5.75. The summed E-state index contributed by atoms with van der Waals surface area (Å²) in [6.07, 6.45) is -11.5. The molecule has 12 heteroatoms. The third kappa shape index (κ3) is 2.78. The molecule has 0 aliphatic carbocycles. The summed E-state index contributed by atoms with van der Waals surface area (Å²) in [7, 11) is 0. The maximum absolute atomic E-state index is 12.8. The van der Waals surface area contributed by atoms with Crippen molar-refractivity contribution in [3.8, 4) is 0 Å². The SMILES string of the molecule is CCOC(=O)CON1N=NCC1(C(F)(F)F)C(F)(F)F. The van der Waals surface area contributed by atoms with Crippen LogP contribution in [0.1, 0.15) is 6.92 Å². The van der Waals surface area contributed by atoms with Crippen molar-refractivity contribution >= 4 is 5.97 Å². The number of nitrogens with zero attached hydrogens (tertiary/aromatic N) is 3. The van der Waals surface area contributed by atoms with Crippen LogP contribution in [0, 0.1) is 0 Å². The van der Waals surface area contributed by atoms with Crippen LogP contribution in [0.2, 0.25) is 0 Å². The average Bonchev–Trinajstić information content (AvgIpc) is 2.70. The Kier molecular flexibility index (Phi) is 4.46. The number of hydroxylamine groups is 1. The maximum atomic E-state index is 12.8. The highest BCUT2D eigenvalue weighted by Gasteiger charge is 2.77. The van der Waals surface area contributed by atoms with E-state index >= 15 is 0 Å². The van der Waals surface area contributed by atoms with E-state index in [1.54, 1.807) is 0 Å². The van der Waals surface area contributed by atoms with Crippen LogP contribution in [-0.2, 0) is 14.4 Å². The summed E-state index contributed by atoms with van der Waals surface area (Å²) in [6.45, 7) is -1.56. The first kappa shape index (κ1) is 16.5. The zero-order chi connectivity index (χ0) is 15.6. The third-order valence-electron chi connectivity index (χ3n) is 2.32. The molecular weight excluding hydrogens is 300 g/mol. The van der Waals surface area contributed by atoms with Crippen LogP contribution in [0.4, 0.5) is 26.3 Å². The lowest BCUT2D eigenvalue weighted by atomic mass is 9.99.